The van der Waals surface area contributed by atoms with E-state index < -0.39 is 17.9 Å². The lowest BCUT2D eigenvalue weighted by Gasteiger charge is -2.05. The van der Waals surface area contributed by atoms with Gasteiger partial charge >= 0.3 is 11.9 Å². The quantitative estimate of drug-likeness (QED) is 0.268. The number of hydrogen-bond acceptors (Lipinski definition) is 3. The van der Waals surface area contributed by atoms with Crippen LogP contribution in [0.1, 0.15) is 13.3 Å². The highest BCUT2D eigenvalue weighted by molar-refractivity contribution is 6.08. The third-order valence-electron chi connectivity index (χ3n) is 1.90. The van der Waals surface area contributed by atoms with Crippen LogP contribution in [0, 0.1) is 5.92 Å². The molecule has 0 radical (unpaired) electrons. The molecule has 0 aromatic heterocycles. The van der Waals surface area contributed by atoms with Crippen molar-refractivity contribution in [1.82, 2.24) is 0 Å². The van der Waals surface area contributed by atoms with Gasteiger partial charge in [0.05, 0.1) is 0 Å². The van der Waals surface area contributed by atoms with Crippen molar-refractivity contribution in [2.45, 2.75) is 13.3 Å². The Morgan fingerprint density at radius 3 is 2.50 bits per heavy atom. The van der Waals surface area contributed by atoms with Gasteiger partial charge in [-0.1, -0.05) is 25.7 Å². The lowest BCUT2D eigenvalue weighted by molar-refractivity contribution is -0.152. The van der Waals surface area contributed by atoms with E-state index in [0.29, 0.717) is 12.0 Å². The van der Waals surface area contributed by atoms with Gasteiger partial charge in [-0.2, -0.15) is 0 Å². The molecule has 64 valence electrons. The van der Waals surface area contributed by atoms with Crippen LogP contribution < -0.4 is 0 Å². The van der Waals surface area contributed by atoms with Crippen molar-refractivity contribution in [2.75, 3.05) is 0 Å². The van der Waals surface area contributed by atoms with Crippen LogP contribution in [0.15, 0.2) is 24.3 Å². The predicted octanol–water partition coefficient (Wildman–Crippen LogP) is 1.21. The molecule has 0 aromatic carbocycles. The molecular weight excluding hydrogens is 156 g/mol. The summed E-state index contributed by atoms with van der Waals surface area (Å²) < 4.78 is 4.37. The van der Waals surface area contributed by atoms with Gasteiger partial charge in [-0.15, -0.1) is 0 Å². The highest BCUT2D eigenvalue weighted by Crippen LogP contribution is 2.28. The van der Waals surface area contributed by atoms with Gasteiger partial charge in [-0.05, 0) is 6.42 Å². The summed E-state index contributed by atoms with van der Waals surface area (Å²) in [6.45, 7) is 9.02. The summed E-state index contributed by atoms with van der Waals surface area (Å²) in [5.74, 6) is -1.78. The van der Waals surface area contributed by atoms with Crippen molar-refractivity contribution in [2.24, 2.45) is 5.92 Å². The first-order valence-electron chi connectivity index (χ1n) is 3.70. The summed E-state index contributed by atoms with van der Waals surface area (Å²) in [6, 6.07) is 0. The average molecular weight is 166 g/mol. The van der Waals surface area contributed by atoms with E-state index in [0.717, 1.165) is 0 Å². The molecule has 0 bridgehead atoms. The molecule has 0 amide bonds. The predicted molar refractivity (Wildman–Crippen MR) is 43.2 cm³/mol. The third-order valence-corrected chi connectivity index (χ3v) is 1.90. The van der Waals surface area contributed by atoms with Crippen LogP contribution in [0.25, 0.3) is 0 Å². The molecule has 1 aliphatic rings. The average Bonchev–Trinajstić information content (AvgIpc) is 2.26. The Hall–Kier alpha value is -1.38. The summed E-state index contributed by atoms with van der Waals surface area (Å²) >= 11 is 0. The van der Waals surface area contributed by atoms with Gasteiger partial charge in [0.15, 0.2) is 0 Å². The van der Waals surface area contributed by atoms with E-state index in [2.05, 4.69) is 17.9 Å². The fourth-order valence-electron chi connectivity index (χ4n) is 1.09. The van der Waals surface area contributed by atoms with Crippen LogP contribution in [-0.2, 0) is 14.3 Å². The Balaban J connectivity index is 2.91. The topological polar surface area (TPSA) is 43.4 Å². The van der Waals surface area contributed by atoms with Crippen molar-refractivity contribution in [1.29, 1.82) is 0 Å². The molecule has 12 heavy (non-hydrogen) atoms. The van der Waals surface area contributed by atoms with E-state index >= 15 is 0 Å². The second-order valence-electron chi connectivity index (χ2n) is 2.68. The van der Waals surface area contributed by atoms with Crippen LogP contribution in [0.4, 0.5) is 0 Å². The number of carbonyl (C=O) groups excluding carboxylic acids is 2. The zero-order valence-electron chi connectivity index (χ0n) is 6.92. The molecule has 3 nitrogen and oxygen atoms in total. The Bertz CT molecular complexity index is 275. The van der Waals surface area contributed by atoms with E-state index in [1.54, 1.807) is 0 Å². The van der Waals surface area contributed by atoms with Gasteiger partial charge < -0.3 is 4.74 Å². The van der Waals surface area contributed by atoms with Crippen molar-refractivity contribution in [3.63, 3.8) is 0 Å². The number of cyclic esters (lactones) is 2. The van der Waals surface area contributed by atoms with E-state index in [-0.39, 0.29) is 5.57 Å². The summed E-state index contributed by atoms with van der Waals surface area (Å²) in [5, 5.41) is 0. The molecule has 1 fully saturated rings. The van der Waals surface area contributed by atoms with Crippen LogP contribution in [0.2, 0.25) is 0 Å². The van der Waals surface area contributed by atoms with Gasteiger partial charge in [0.1, 0.15) is 5.92 Å². The summed E-state index contributed by atoms with van der Waals surface area (Å²) in [5.41, 5.74) is 0.878. The Labute approximate surface area is 70.7 Å². The Kier molecular flexibility index (Phi) is 2.13. The maximum absolute atomic E-state index is 11.0. The lowest BCUT2D eigenvalue weighted by atomic mass is 9.93. The minimum Gasteiger partial charge on any atom is -0.389 e. The monoisotopic (exact) mass is 166 g/mol. The number of carbonyl (C=O) groups is 2. The van der Waals surface area contributed by atoms with Gasteiger partial charge in [-0.3, -0.25) is 4.79 Å². The molecule has 1 aliphatic heterocycles. The normalized spacial score (nSPS) is 22.8. The zero-order chi connectivity index (χ0) is 9.30. The first-order chi connectivity index (χ1) is 5.57. The minimum atomic E-state index is -0.625. The van der Waals surface area contributed by atoms with Crippen molar-refractivity contribution < 1.29 is 14.3 Å². The first-order valence-corrected chi connectivity index (χ1v) is 3.70. The van der Waals surface area contributed by atoms with Crippen molar-refractivity contribution in [3.05, 3.63) is 24.3 Å². The zero-order valence-corrected chi connectivity index (χ0v) is 6.92. The Morgan fingerprint density at radius 1 is 1.58 bits per heavy atom. The lowest BCUT2D eigenvalue weighted by Crippen LogP contribution is -2.10. The van der Waals surface area contributed by atoms with Gasteiger partial charge in [0, 0.05) is 5.57 Å². The highest BCUT2D eigenvalue weighted by atomic mass is 16.6. The molecule has 0 spiro atoms. The van der Waals surface area contributed by atoms with Gasteiger partial charge in [-0.25, -0.2) is 4.79 Å². The molecule has 1 heterocycles. The largest absolute Gasteiger partial charge is 0.389 e. The molecule has 1 unspecified atom stereocenters. The van der Waals surface area contributed by atoms with E-state index in [4.69, 9.17) is 0 Å². The Morgan fingerprint density at radius 2 is 2.17 bits per heavy atom. The van der Waals surface area contributed by atoms with Crippen LogP contribution in [-0.4, -0.2) is 11.9 Å². The molecule has 0 saturated carbocycles. The smallest absolute Gasteiger partial charge is 0.342 e. The fourth-order valence-corrected chi connectivity index (χ4v) is 1.09. The van der Waals surface area contributed by atoms with E-state index in [9.17, 15) is 9.59 Å². The SMILES string of the molecule is C=C(CC)C1C(=C)C(=O)OC1=O. The number of ether oxygens (including phenoxy) is 1. The fraction of sp³-hybridized carbons (Fsp3) is 0.333. The highest BCUT2D eigenvalue weighted by Gasteiger charge is 2.38. The molecule has 1 atom stereocenters. The number of rotatable bonds is 2. The third kappa shape index (κ3) is 1.18. The number of esters is 2. The molecular formula is C9H10O3. The maximum atomic E-state index is 11.0. The molecule has 0 aromatic rings. The molecule has 1 rings (SSSR count). The van der Waals surface area contributed by atoms with E-state index in [1.807, 2.05) is 6.92 Å². The van der Waals surface area contributed by atoms with Crippen molar-refractivity contribution >= 4 is 11.9 Å². The van der Waals surface area contributed by atoms with Gasteiger partial charge in [0.2, 0.25) is 0 Å². The second kappa shape index (κ2) is 2.93. The second-order valence-corrected chi connectivity index (χ2v) is 2.68. The van der Waals surface area contributed by atoms with E-state index in [1.165, 1.54) is 0 Å². The van der Waals surface area contributed by atoms with Crippen LogP contribution in [0.5, 0.6) is 0 Å². The standard InChI is InChI=1S/C9H10O3/c1-4-5(2)7-6(3)8(10)12-9(7)11/h7H,2-4H2,1H3. The summed E-state index contributed by atoms with van der Waals surface area (Å²) in [4.78, 5) is 21.9. The molecule has 3 heteroatoms. The van der Waals surface area contributed by atoms with Gasteiger partial charge in [0.25, 0.3) is 0 Å². The molecule has 1 saturated heterocycles. The summed E-state index contributed by atoms with van der Waals surface area (Å²) in [7, 11) is 0. The molecule has 0 N–H and O–H groups in total. The summed E-state index contributed by atoms with van der Waals surface area (Å²) in [6.07, 6.45) is 0.645. The van der Waals surface area contributed by atoms with Crippen LogP contribution in [0.3, 0.4) is 0 Å². The molecule has 0 aliphatic carbocycles. The maximum Gasteiger partial charge on any atom is 0.342 e. The minimum absolute atomic E-state index is 0.201. The first kappa shape index (κ1) is 8.71. The van der Waals surface area contributed by atoms with Crippen molar-refractivity contribution in [3.8, 4) is 0 Å². The van der Waals surface area contributed by atoms with Crippen LogP contribution >= 0.6 is 0 Å². The number of hydrogen-bond donors (Lipinski definition) is 0.